The van der Waals surface area contributed by atoms with Crippen molar-refractivity contribution in [1.82, 2.24) is 0 Å². The van der Waals surface area contributed by atoms with Gasteiger partial charge in [-0.25, -0.2) is 0 Å². The number of carbonyl (C=O) groups excluding carboxylic acids is 2. The summed E-state index contributed by atoms with van der Waals surface area (Å²) in [6, 6.07) is 0. The standard InChI is InChI=1S/C22H34O5/c1-3-4-7-10-17-13-14-19-18(20(24)15-21(19)26-16(2)23)11-8-5-6-9-12-22(25)27-17/h5,8,13-14,17-21,24H,3-4,6-7,9-12,15H2,1-2H3/b8-5-,14-13+/t17-,18+,19+,20+,21+/m0/s1. The minimum absolute atomic E-state index is 0.00889. The van der Waals surface area contributed by atoms with E-state index in [0.717, 1.165) is 44.9 Å². The van der Waals surface area contributed by atoms with Crippen LogP contribution in [0, 0.1) is 11.8 Å². The van der Waals surface area contributed by atoms with E-state index in [1.54, 1.807) is 0 Å². The van der Waals surface area contributed by atoms with Crippen LogP contribution in [-0.2, 0) is 19.1 Å². The van der Waals surface area contributed by atoms with Gasteiger partial charge in [0, 0.05) is 25.7 Å². The molecule has 0 unspecified atom stereocenters. The average molecular weight is 379 g/mol. The van der Waals surface area contributed by atoms with Crippen LogP contribution in [0.2, 0.25) is 0 Å². The van der Waals surface area contributed by atoms with Gasteiger partial charge < -0.3 is 14.6 Å². The summed E-state index contributed by atoms with van der Waals surface area (Å²) in [6.45, 7) is 3.55. The van der Waals surface area contributed by atoms with E-state index in [-0.39, 0.29) is 36.0 Å². The molecule has 0 spiro atoms. The molecule has 1 N–H and O–H groups in total. The van der Waals surface area contributed by atoms with E-state index < -0.39 is 6.10 Å². The van der Waals surface area contributed by atoms with Crippen LogP contribution in [-0.4, -0.2) is 35.4 Å². The highest BCUT2D eigenvalue weighted by atomic mass is 16.5. The molecule has 0 aromatic heterocycles. The van der Waals surface area contributed by atoms with Crippen molar-refractivity contribution in [3.05, 3.63) is 24.3 Å². The van der Waals surface area contributed by atoms with Crippen LogP contribution < -0.4 is 0 Å². The Hall–Kier alpha value is -1.62. The van der Waals surface area contributed by atoms with Crippen molar-refractivity contribution < 1.29 is 24.2 Å². The Bertz CT molecular complexity index is 539. The summed E-state index contributed by atoms with van der Waals surface area (Å²) < 4.78 is 11.2. The predicted molar refractivity (Wildman–Crippen MR) is 104 cm³/mol. The van der Waals surface area contributed by atoms with E-state index in [0.29, 0.717) is 12.8 Å². The largest absolute Gasteiger partial charge is 0.462 e. The van der Waals surface area contributed by atoms with E-state index >= 15 is 0 Å². The second kappa shape index (κ2) is 11.3. The number of allylic oxidation sites excluding steroid dienone is 2. The zero-order chi connectivity index (χ0) is 19.6. The SMILES string of the molecule is CCCCC[C@H]1/C=C/[C@@H]2[C@@H](C/C=C\CCCC(=O)O1)[C@H](O)C[C@H]2OC(C)=O. The van der Waals surface area contributed by atoms with E-state index in [9.17, 15) is 14.7 Å². The Morgan fingerprint density at radius 2 is 2.11 bits per heavy atom. The Balaban J connectivity index is 2.19. The van der Waals surface area contributed by atoms with Crippen LogP contribution in [0.5, 0.6) is 0 Å². The normalized spacial score (nSPS) is 34.3. The molecule has 0 bridgehead atoms. The summed E-state index contributed by atoms with van der Waals surface area (Å²) in [5.74, 6) is -0.546. The molecular formula is C22H34O5. The lowest BCUT2D eigenvalue weighted by Gasteiger charge is -2.22. The molecule has 1 fully saturated rings. The summed E-state index contributed by atoms with van der Waals surface area (Å²) >= 11 is 0. The number of unbranched alkanes of at least 4 members (excludes halogenated alkanes) is 2. The number of aliphatic hydroxyl groups is 1. The molecule has 5 nitrogen and oxygen atoms in total. The van der Waals surface area contributed by atoms with E-state index in [2.05, 4.69) is 19.1 Å². The van der Waals surface area contributed by atoms with Gasteiger partial charge in [-0.2, -0.15) is 0 Å². The van der Waals surface area contributed by atoms with Gasteiger partial charge in [-0.15, -0.1) is 0 Å². The van der Waals surface area contributed by atoms with Gasteiger partial charge in [-0.05, 0) is 44.1 Å². The fourth-order valence-electron chi connectivity index (χ4n) is 4.03. The Morgan fingerprint density at radius 1 is 1.30 bits per heavy atom. The zero-order valence-corrected chi connectivity index (χ0v) is 16.6. The molecule has 0 saturated heterocycles. The van der Waals surface area contributed by atoms with Crippen LogP contribution in [0.3, 0.4) is 0 Å². The molecule has 27 heavy (non-hydrogen) atoms. The second-order valence-electron chi connectivity index (χ2n) is 7.70. The maximum absolute atomic E-state index is 12.1. The minimum Gasteiger partial charge on any atom is -0.462 e. The summed E-state index contributed by atoms with van der Waals surface area (Å²) in [5.41, 5.74) is 0. The topological polar surface area (TPSA) is 72.8 Å². The van der Waals surface area contributed by atoms with Crippen molar-refractivity contribution in [2.45, 2.75) is 89.9 Å². The predicted octanol–water partition coefficient (Wildman–Crippen LogP) is 4.09. The van der Waals surface area contributed by atoms with Gasteiger partial charge in [0.15, 0.2) is 0 Å². The number of hydrogen-bond acceptors (Lipinski definition) is 5. The molecule has 0 aromatic carbocycles. The van der Waals surface area contributed by atoms with Gasteiger partial charge in [0.1, 0.15) is 12.2 Å². The maximum Gasteiger partial charge on any atom is 0.306 e. The van der Waals surface area contributed by atoms with Gasteiger partial charge in [0.05, 0.1) is 6.10 Å². The molecule has 1 aliphatic carbocycles. The highest BCUT2D eigenvalue weighted by Crippen LogP contribution is 2.38. The first-order valence-electron chi connectivity index (χ1n) is 10.4. The zero-order valence-electron chi connectivity index (χ0n) is 16.6. The molecule has 0 radical (unpaired) electrons. The molecule has 0 aromatic rings. The number of esters is 2. The smallest absolute Gasteiger partial charge is 0.306 e. The number of carbonyl (C=O) groups is 2. The summed E-state index contributed by atoms with van der Waals surface area (Å²) in [4.78, 5) is 23.6. The number of ether oxygens (including phenoxy) is 2. The average Bonchev–Trinajstić information content (AvgIpc) is 2.89. The second-order valence-corrected chi connectivity index (χ2v) is 7.70. The Morgan fingerprint density at radius 3 is 2.85 bits per heavy atom. The van der Waals surface area contributed by atoms with Gasteiger partial charge >= 0.3 is 11.9 Å². The number of cyclic esters (lactones) is 1. The van der Waals surface area contributed by atoms with E-state index in [1.807, 2.05) is 12.2 Å². The van der Waals surface area contributed by atoms with Crippen molar-refractivity contribution in [3.8, 4) is 0 Å². The van der Waals surface area contributed by atoms with Crippen molar-refractivity contribution in [3.63, 3.8) is 0 Å². The number of hydrogen-bond donors (Lipinski definition) is 1. The first kappa shape index (κ1) is 21.7. The van der Waals surface area contributed by atoms with E-state index in [4.69, 9.17) is 9.47 Å². The number of fused-ring (bicyclic) bond motifs is 1. The summed E-state index contributed by atoms with van der Waals surface area (Å²) in [6.07, 6.45) is 14.2. The summed E-state index contributed by atoms with van der Waals surface area (Å²) in [5, 5.41) is 10.5. The molecule has 5 atom stereocenters. The molecule has 2 aliphatic rings. The molecule has 152 valence electrons. The first-order valence-corrected chi connectivity index (χ1v) is 10.4. The van der Waals surface area contributed by atoms with Crippen LogP contribution in [0.4, 0.5) is 0 Å². The van der Waals surface area contributed by atoms with Gasteiger partial charge in [0.25, 0.3) is 0 Å². The third-order valence-corrected chi connectivity index (χ3v) is 5.46. The minimum atomic E-state index is -0.500. The maximum atomic E-state index is 12.1. The van der Waals surface area contributed by atoms with Crippen LogP contribution in [0.15, 0.2) is 24.3 Å². The van der Waals surface area contributed by atoms with Gasteiger partial charge in [-0.1, -0.05) is 38.0 Å². The quantitative estimate of drug-likeness (QED) is 0.443. The fourth-order valence-corrected chi connectivity index (χ4v) is 4.03. The van der Waals surface area contributed by atoms with Crippen LogP contribution in [0.25, 0.3) is 0 Å². The third-order valence-electron chi connectivity index (χ3n) is 5.46. The number of aliphatic hydroxyl groups excluding tert-OH is 1. The van der Waals surface area contributed by atoms with Crippen LogP contribution >= 0.6 is 0 Å². The molecule has 1 heterocycles. The van der Waals surface area contributed by atoms with Crippen molar-refractivity contribution >= 4 is 11.9 Å². The van der Waals surface area contributed by atoms with Gasteiger partial charge in [-0.3, -0.25) is 9.59 Å². The molecule has 1 saturated carbocycles. The van der Waals surface area contributed by atoms with E-state index in [1.165, 1.54) is 6.92 Å². The highest BCUT2D eigenvalue weighted by molar-refractivity contribution is 5.69. The monoisotopic (exact) mass is 378 g/mol. The highest BCUT2D eigenvalue weighted by Gasteiger charge is 2.42. The third kappa shape index (κ3) is 7.13. The van der Waals surface area contributed by atoms with Crippen molar-refractivity contribution in [2.75, 3.05) is 0 Å². The lowest BCUT2D eigenvalue weighted by Crippen LogP contribution is -2.24. The molecule has 0 amide bonds. The van der Waals surface area contributed by atoms with Gasteiger partial charge in [0.2, 0.25) is 0 Å². The van der Waals surface area contributed by atoms with Crippen LogP contribution in [0.1, 0.15) is 71.6 Å². The lowest BCUT2D eigenvalue weighted by molar-refractivity contribution is -0.148. The molecule has 1 aliphatic heterocycles. The molecule has 2 rings (SSSR count). The molecular weight excluding hydrogens is 344 g/mol. The molecule has 5 heteroatoms. The Kier molecular flexibility index (Phi) is 9.05. The van der Waals surface area contributed by atoms with Crippen molar-refractivity contribution in [1.29, 1.82) is 0 Å². The lowest BCUT2D eigenvalue weighted by atomic mass is 9.89. The number of rotatable bonds is 5. The van der Waals surface area contributed by atoms with Crippen molar-refractivity contribution in [2.24, 2.45) is 11.8 Å². The Labute approximate surface area is 162 Å². The first-order chi connectivity index (χ1) is 13.0. The fraction of sp³-hybridized carbons (Fsp3) is 0.727. The summed E-state index contributed by atoms with van der Waals surface area (Å²) in [7, 11) is 0.